The molecular formula is C22H23N3O7. The fraction of sp³-hybridized carbons (Fsp3) is 0.182. The Morgan fingerprint density at radius 3 is 2.31 bits per heavy atom. The number of nitrogens with one attached hydrogen (secondary N) is 2. The quantitative estimate of drug-likeness (QED) is 0.290. The Hall–Kier alpha value is -4.34. The van der Waals surface area contributed by atoms with E-state index in [1.54, 1.807) is 37.5 Å². The Morgan fingerprint density at radius 1 is 1.00 bits per heavy atom. The van der Waals surface area contributed by atoms with Crippen LogP contribution in [0.25, 0.3) is 6.08 Å². The van der Waals surface area contributed by atoms with Crippen molar-refractivity contribution in [1.82, 2.24) is 10.7 Å². The molecule has 0 fully saturated rings. The predicted molar refractivity (Wildman–Crippen MR) is 117 cm³/mol. The van der Waals surface area contributed by atoms with Crippen molar-refractivity contribution in [2.75, 3.05) is 27.9 Å². The number of carbonyl (C=O) groups excluding carboxylic acids is 2. The first kappa shape index (κ1) is 23.9. The third-order valence-electron chi connectivity index (χ3n) is 4.15. The van der Waals surface area contributed by atoms with Gasteiger partial charge in [-0.3, -0.25) is 9.59 Å². The summed E-state index contributed by atoms with van der Waals surface area (Å²) in [6, 6.07) is 10.1. The molecule has 0 aliphatic heterocycles. The first-order valence-corrected chi connectivity index (χ1v) is 9.29. The number of carboxylic acids is 1. The third-order valence-corrected chi connectivity index (χ3v) is 4.15. The van der Waals surface area contributed by atoms with Crippen molar-refractivity contribution in [3.63, 3.8) is 0 Å². The molecule has 0 saturated carbocycles. The van der Waals surface area contributed by atoms with Crippen molar-refractivity contribution in [3.05, 3.63) is 59.2 Å². The van der Waals surface area contributed by atoms with Crippen molar-refractivity contribution in [1.29, 1.82) is 0 Å². The van der Waals surface area contributed by atoms with E-state index in [9.17, 15) is 19.5 Å². The van der Waals surface area contributed by atoms with Crippen LogP contribution in [0.15, 0.2) is 47.6 Å². The van der Waals surface area contributed by atoms with Gasteiger partial charge in [-0.25, -0.2) is 10.2 Å². The minimum absolute atomic E-state index is 0.0335. The Bertz CT molecular complexity index is 1030. The molecule has 2 aromatic carbocycles. The summed E-state index contributed by atoms with van der Waals surface area (Å²) in [6.45, 7) is -0.319. The highest BCUT2D eigenvalue weighted by atomic mass is 16.5. The van der Waals surface area contributed by atoms with Gasteiger partial charge < -0.3 is 24.6 Å². The Morgan fingerprint density at radius 2 is 1.72 bits per heavy atom. The lowest BCUT2D eigenvalue weighted by molar-refractivity contribution is -0.123. The molecule has 0 heterocycles. The summed E-state index contributed by atoms with van der Waals surface area (Å²) in [6.07, 6.45) is 4.05. The zero-order valence-corrected chi connectivity index (χ0v) is 17.7. The van der Waals surface area contributed by atoms with Crippen molar-refractivity contribution in [2.24, 2.45) is 5.10 Å². The molecule has 3 N–H and O–H groups in total. The van der Waals surface area contributed by atoms with E-state index in [0.29, 0.717) is 5.75 Å². The molecule has 2 aromatic rings. The van der Waals surface area contributed by atoms with Gasteiger partial charge in [0.25, 0.3) is 5.91 Å². The summed E-state index contributed by atoms with van der Waals surface area (Å²) < 4.78 is 15.3. The number of carbonyl (C=O) groups is 3. The van der Waals surface area contributed by atoms with Crippen LogP contribution in [-0.2, 0) is 9.59 Å². The zero-order valence-electron chi connectivity index (χ0n) is 17.7. The number of rotatable bonds is 10. The van der Waals surface area contributed by atoms with Gasteiger partial charge in [0.2, 0.25) is 5.91 Å². The average Bonchev–Trinajstić information content (AvgIpc) is 2.80. The topological polar surface area (TPSA) is 136 Å². The van der Waals surface area contributed by atoms with Gasteiger partial charge in [-0.2, -0.15) is 5.10 Å². The van der Waals surface area contributed by atoms with Crippen LogP contribution in [0.4, 0.5) is 0 Å². The first-order valence-electron chi connectivity index (χ1n) is 9.29. The van der Waals surface area contributed by atoms with Gasteiger partial charge >= 0.3 is 5.97 Å². The molecule has 0 radical (unpaired) electrons. The Kier molecular flexibility index (Phi) is 8.78. The standard InChI is InChI=1S/C22H23N3O7/c1-30-16-8-4-14(5-9-16)6-11-18(26)23-13-19(27)25-24-12-15-7-10-17(31-2)21(32-3)20(15)22(28)29/h4-12H,13H2,1-3H3,(H,23,26)(H,25,27)(H,28,29)/b11-6+,24-12+. The summed E-state index contributed by atoms with van der Waals surface area (Å²) in [5, 5.41) is 15.6. The highest BCUT2D eigenvalue weighted by Gasteiger charge is 2.20. The van der Waals surface area contributed by atoms with E-state index in [2.05, 4.69) is 15.8 Å². The van der Waals surface area contributed by atoms with Crippen molar-refractivity contribution >= 4 is 30.1 Å². The second-order valence-corrected chi connectivity index (χ2v) is 6.19. The van der Waals surface area contributed by atoms with Gasteiger partial charge in [-0.15, -0.1) is 0 Å². The molecule has 0 unspecified atom stereocenters. The summed E-state index contributed by atoms with van der Waals surface area (Å²) >= 11 is 0. The fourth-order valence-corrected chi connectivity index (χ4v) is 2.60. The number of ether oxygens (including phenoxy) is 3. The predicted octanol–water partition coefficient (Wildman–Crippen LogP) is 1.69. The van der Waals surface area contributed by atoms with Gasteiger partial charge in [0, 0.05) is 11.6 Å². The van der Waals surface area contributed by atoms with Gasteiger partial charge in [0.15, 0.2) is 11.5 Å². The number of hydrazone groups is 1. The average molecular weight is 441 g/mol. The largest absolute Gasteiger partial charge is 0.497 e. The van der Waals surface area contributed by atoms with Gasteiger partial charge in [0.05, 0.1) is 34.1 Å². The van der Waals surface area contributed by atoms with Gasteiger partial charge in [0.1, 0.15) is 11.3 Å². The normalized spacial score (nSPS) is 10.7. The Balaban J connectivity index is 1.91. The maximum Gasteiger partial charge on any atom is 0.340 e. The molecule has 0 atom stereocenters. The molecule has 10 nitrogen and oxygen atoms in total. The first-order chi connectivity index (χ1) is 15.4. The van der Waals surface area contributed by atoms with Crippen LogP contribution in [0.5, 0.6) is 17.2 Å². The maximum atomic E-state index is 11.9. The summed E-state index contributed by atoms with van der Waals surface area (Å²) in [4.78, 5) is 35.3. The van der Waals surface area contributed by atoms with Crippen LogP contribution in [0.1, 0.15) is 21.5 Å². The van der Waals surface area contributed by atoms with Crippen LogP contribution in [-0.4, -0.2) is 57.0 Å². The minimum atomic E-state index is -1.25. The molecule has 0 aliphatic carbocycles. The maximum absolute atomic E-state index is 11.9. The second-order valence-electron chi connectivity index (χ2n) is 6.19. The molecule has 0 saturated heterocycles. The van der Waals surface area contributed by atoms with E-state index in [-0.39, 0.29) is 29.2 Å². The van der Waals surface area contributed by atoms with Crippen LogP contribution in [0.2, 0.25) is 0 Å². The van der Waals surface area contributed by atoms with E-state index in [1.807, 2.05) is 0 Å². The van der Waals surface area contributed by atoms with Crippen molar-refractivity contribution < 1.29 is 33.7 Å². The van der Waals surface area contributed by atoms with Crippen LogP contribution in [0, 0.1) is 0 Å². The minimum Gasteiger partial charge on any atom is -0.497 e. The monoisotopic (exact) mass is 441 g/mol. The number of methoxy groups -OCH3 is 3. The highest BCUT2D eigenvalue weighted by molar-refractivity contribution is 6.02. The lowest BCUT2D eigenvalue weighted by Crippen LogP contribution is -2.34. The second kappa shape index (κ2) is 11.7. The van der Waals surface area contributed by atoms with Gasteiger partial charge in [-0.1, -0.05) is 12.1 Å². The molecule has 2 rings (SSSR count). The van der Waals surface area contributed by atoms with Crippen molar-refractivity contribution in [3.8, 4) is 17.2 Å². The Labute approximate surface area is 184 Å². The lowest BCUT2D eigenvalue weighted by atomic mass is 10.1. The summed E-state index contributed by atoms with van der Waals surface area (Å²) in [5.41, 5.74) is 3.04. The molecule has 32 heavy (non-hydrogen) atoms. The number of nitrogens with zero attached hydrogens (tertiary/aromatic N) is 1. The highest BCUT2D eigenvalue weighted by Crippen LogP contribution is 2.32. The van der Waals surface area contributed by atoms with Crippen molar-refractivity contribution in [2.45, 2.75) is 0 Å². The molecule has 10 heteroatoms. The summed E-state index contributed by atoms with van der Waals surface area (Å²) in [7, 11) is 4.27. The van der Waals surface area contributed by atoms with Crippen LogP contribution < -0.4 is 25.0 Å². The number of amides is 2. The molecule has 168 valence electrons. The van der Waals surface area contributed by atoms with Crippen LogP contribution >= 0.6 is 0 Å². The number of carboxylic acid groups (broad SMARTS) is 1. The molecule has 0 spiro atoms. The van der Waals surface area contributed by atoms with E-state index in [1.165, 1.54) is 32.4 Å². The molecule has 0 aromatic heterocycles. The number of hydrogen-bond acceptors (Lipinski definition) is 7. The number of hydrogen-bond donors (Lipinski definition) is 3. The van der Waals surface area contributed by atoms with Gasteiger partial charge in [-0.05, 0) is 35.9 Å². The SMILES string of the molecule is COc1ccc(/C=C/C(=O)NCC(=O)N/N=C/c2ccc(OC)c(OC)c2C(=O)O)cc1. The molecule has 0 aliphatic rings. The van der Waals surface area contributed by atoms with E-state index >= 15 is 0 Å². The van der Waals surface area contributed by atoms with E-state index in [4.69, 9.17) is 14.2 Å². The number of benzene rings is 2. The summed E-state index contributed by atoms with van der Waals surface area (Å²) in [5.74, 6) is -1.32. The fourth-order valence-electron chi connectivity index (χ4n) is 2.60. The third kappa shape index (κ3) is 6.59. The van der Waals surface area contributed by atoms with E-state index in [0.717, 1.165) is 11.8 Å². The zero-order chi connectivity index (χ0) is 23.5. The van der Waals surface area contributed by atoms with Crippen LogP contribution in [0.3, 0.4) is 0 Å². The lowest BCUT2D eigenvalue weighted by Gasteiger charge is -2.12. The number of aromatic carboxylic acids is 1. The molecule has 0 bridgehead atoms. The molecule has 2 amide bonds. The van der Waals surface area contributed by atoms with E-state index < -0.39 is 17.8 Å². The smallest absolute Gasteiger partial charge is 0.340 e. The molecular weight excluding hydrogens is 418 g/mol.